The lowest BCUT2D eigenvalue weighted by molar-refractivity contribution is -0.135. The molecule has 2 saturated heterocycles. The monoisotopic (exact) mass is 299 g/mol. The van der Waals surface area contributed by atoms with Crippen molar-refractivity contribution in [3.05, 3.63) is 30.5 Å². The number of carbonyl (C=O) groups is 1. The van der Waals surface area contributed by atoms with Gasteiger partial charge in [-0.1, -0.05) is 18.2 Å². The maximum absolute atomic E-state index is 12.7. The van der Waals surface area contributed by atoms with E-state index in [1.165, 1.54) is 6.42 Å². The van der Waals surface area contributed by atoms with Crippen LogP contribution in [-0.2, 0) is 16.1 Å². The van der Waals surface area contributed by atoms with Crippen molar-refractivity contribution in [2.75, 3.05) is 26.3 Å². The zero-order valence-corrected chi connectivity index (χ0v) is 12.7. The summed E-state index contributed by atoms with van der Waals surface area (Å²) in [6, 6.07) is 8.01. The SMILES string of the molecule is O=C(Cn1ncc2ccccc21)N1CCC[C@]2(CCOC2)C1. The summed E-state index contributed by atoms with van der Waals surface area (Å²) in [6.07, 6.45) is 5.17. The molecule has 5 heteroatoms. The Hall–Kier alpha value is -1.88. The zero-order chi connectivity index (χ0) is 15.0. The normalized spacial score (nSPS) is 25.2. The van der Waals surface area contributed by atoms with Crippen molar-refractivity contribution in [2.24, 2.45) is 5.41 Å². The zero-order valence-electron chi connectivity index (χ0n) is 12.7. The topological polar surface area (TPSA) is 47.4 Å². The van der Waals surface area contributed by atoms with Gasteiger partial charge in [0.15, 0.2) is 0 Å². The molecule has 0 unspecified atom stereocenters. The van der Waals surface area contributed by atoms with E-state index < -0.39 is 0 Å². The number of likely N-dealkylation sites (tertiary alicyclic amines) is 1. The molecular weight excluding hydrogens is 278 g/mol. The molecule has 2 fully saturated rings. The highest BCUT2D eigenvalue weighted by Gasteiger charge is 2.40. The molecule has 1 amide bonds. The summed E-state index contributed by atoms with van der Waals surface area (Å²) < 4.78 is 7.38. The first kappa shape index (κ1) is 13.8. The maximum Gasteiger partial charge on any atom is 0.244 e. The summed E-state index contributed by atoms with van der Waals surface area (Å²) in [5, 5.41) is 5.44. The number of piperidine rings is 1. The van der Waals surface area contributed by atoms with E-state index >= 15 is 0 Å². The van der Waals surface area contributed by atoms with Crippen LogP contribution in [0.5, 0.6) is 0 Å². The number of hydrogen-bond donors (Lipinski definition) is 0. The van der Waals surface area contributed by atoms with Gasteiger partial charge in [-0.3, -0.25) is 9.48 Å². The number of ether oxygens (including phenoxy) is 1. The predicted molar refractivity (Wildman–Crippen MR) is 83.4 cm³/mol. The highest BCUT2D eigenvalue weighted by molar-refractivity contribution is 5.82. The molecule has 2 aromatic rings. The fourth-order valence-electron chi connectivity index (χ4n) is 3.77. The number of aromatic nitrogens is 2. The molecule has 0 radical (unpaired) electrons. The lowest BCUT2D eigenvalue weighted by atomic mass is 9.79. The average Bonchev–Trinajstić information content (AvgIpc) is 3.15. The molecule has 2 aliphatic rings. The lowest BCUT2D eigenvalue weighted by Crippen LogP contribution is -2.47. The summed E-state index contributed by atoms with van der Waals surface area (Å²) in [4.78, 5) is 14.7. The summed E-state index contributed by atoms with van der Waals surface area (Å²) >= 11 is 0. The Labute approximate surface area is 129 Å². The van der Waals surface area contributed by atoms with E-state index in [-0.39, 0.29) is 11.3 Å². The van der Waals surface area contributed by atoms with Gasteiger partial charge < -0.3 is 9.64 Å². The molecule has 1 atom stereocenters. The second-order valence-corrected chi connectivity index (χ2v) is 6.58. The van der Waals surface area contributed by atoms with Gasteiger partial charge in [0.1, 0.15) is 6.54 Å². The molecule has 0 aliphatic carbocycles. The Morgan fingerprint density at radius 3 is 3.09 bits per heavy atom. The molecule has 0 N–H and O–H groups in total. The van der Waals surface area contributed by atoms with Gasteiger partial charge in [0.2, 0.25) is 5.91 Å². The van der Waals surface area contributed by atoms with E-state index in [4.69, 9.17) is 4.74 Å². The largest absolute Gasteiger partial charge is 0.381 e. The molecule has 3 heterocycles. The van der Waals surface area contributed by atoms with Crippen molar-refractivity contribution in [3.63, 3.8) is 0 Å². The van der Waals surface area contributed by atoms with E-state index in [1.54, 1.807) is 0 Å². The standard InChI is InChI=1S/C17H21N3O2/c21-16(11-20-15-5-2-1-4-14(15)10-18-20)19-8-3-6-17(12-19)7-9-22-13-17/h1-2,4-5,10H,3,6-9,11-13H2/t17-/m0/s1. The van der Waals surface area contributed by atoms with Crippen LogP contribution >= 0.6 is 0 Å². The van der Waals surface area contributed by atoms with Gasteiger partial charge in [0.05, 0.1) is 18.3 Å². The van der Waals surface area contributed by atoms with Crippen molar-refractivity contribution in [1.29, 1.82) is 0 Å². The molecule has 0 saturated carbocycles. The van der Waals surface area contributed by atoms with Crippen LogP contribution < -0.4 is 0 Å². The van der Waals surface area contributed by atoms with Gasteiger partial charge in [-0.2, -0.15) is 5.10 Å². The van der Waals surface area contributed by atoms with E-state index in [1.807, 2.05) is 40.0 Å². The van der Waals surface area contributed by atoms with Crippen molar-refractivity contribution in [3.8, 4) is 0 Å². The summed E-state index contributed by atoms with van der Waals surface area (Å²) in [7, 11) is 0. The molecule has 1 aromatic heterocycles. The minimum Gasteiger partial charge on any atom is -0.381 e. The minimum atomic E-state index is 0.167. The fraction of sp³-hybridized carbons (Fsp3) is 0.529. The summed E-state index contributed by atoms with van der Waals surface area (Å²) in [6.45, 7) is 3.67. The third kappa shape index (κ3) is 2.39. The number of hydrogen-bond acceptors (Lipinski definition) is 3. The summed E-state index contributed by atoms with van der Waals surface area (Å²) in [5.41, 5.74) is 1.23. The Kier molecular flexibility index (Phi) is 3.37. The van der Waals surface area contributed by atoms with Crippen LogP contribution in [0.25, 0.3) is 10.9 Å². The van der Waals surface area contributed by atoms with E-state index in [9.17, 15) is 4.79 Å². The molecule has 116 valence electrons. The Bertz CT molecular complexity index is 688. The Balaban J connectivity index is 1.50. The first-order valence-corrected chi connectivity index (χ1v) is 8.02. The lowest BCUT2D eigenvalue weighted by Gasteiger charge is -2.39. The van der Waals surface area contributed by atoms with E-state index in [2.05, 4.69) is 5.10 Å². The Morgan fingerprint density at radius 2 is 2.23 bits per heavy atom. The maximum atomic E-state index is 12.7. The third-order valence-electron chi connectivity index (χ3n) is 5.04. The predicted octanol–water partition coefficient (Wildman–Crippen LogP) is 2.07. The number of para-hydroxylation sites is 1. The van der Waals surface area contributed by atoms with E-state index in [0.29, 0.717) is 6.54 Å². The van der Waals surface area contributed by atoms with Gasteiger partial charge in [0, 0.05) is 30.5 Å². The number of rotatable bonds is 2. The molecule has 2 aliphatic heterocycles. The van der Waals surface area contributed by atoms with Crippen LogP contribution in [0.15, 0.2) is 30.5 Å². The van der Waals surface area contributed by atoms with Gasteiger partial charge in [-0.15, -0.1) is 0 Å². The van der Waals surface area contributed by atoms with Crippen LogP contribution in [0.4, 0.5) is 0 Å². The highest BCUT2D eigenvalue weighted by Crippen LogP contribution is 2.37. The number of benzene rings is 1. The van der Waals surface area contributed by atoms with Gasteiger partial charge in [-0.25, -0.2) is 0 Å². The summed E-state index contributed by atoms with van der Waals surface area (Å²) in [5.74, 6) is 0.167. The first-order chi connectivity index (χ1) is 10.8. The molecular formula is C17H21N3O2. The first-order valence-electron chi connectivity index (χ1n) is 8.02. The number of amides is 1. The quantitative estimate of drug-likeness (QED) is 0.853. The smallest absolute Gasteiger partial charge is 0.244 e. The van der Waals surface area contributed by atoms with Gasteiger partial charge >= 0.3 is 0 Å². The number of fused-ring (bicyclic) bond motifs is 1. The fourth-order valence-corrected chi connectivity index (χ4v) is 3.77. The van der Waals surface area contributed by atoms with Crippen LogP contribution in [0.1, 0.15) is 19.3 Å². The second-order valence-electron chi connectivity index (χ2n) is 6.58. The third-order valence-corrected chi connectivity index (χ3v) is 5.04. The minimum absolute atomic E-state index is 0.167. The molecule has 4 rings (SSSR count). The average molecular weight is 299 g/mol. The number of nitrogens with zero attached hydrogens (tertiary/aromatic N) is 3. The van der Waals surface area contributed by atoms with Crippen LogP contribution in [0.3, 0.4) is 0 Å². The van der Waals surface area contributed by atoms with Crippen molar-refractivity contribution in [2.45, 2.75) is 25.8 Å². The Morgan fingerprint density at radius 1 is 1.32 bits per heavy atom. The van der Waals surface area contributed by atoms with Crippen LogP contribution in [-0.4, -0.2) is 46.9 Å². The molecule has 22 heavy (non-hydrogen) atoms. The van der Waals surface area contributed by atoms with Crippen LogP contribution in [0.2, 0.25) is 0 Å². The van der Waals surface area contributed by atoms with Crippen molar-refractivity contribution >= 4 is 16.8 Å². The van der Waals surface area contributed by atoms with Gasteiger partial charge in [0.25, 0.3) is 0 Å². The molecule has 5 nitrogen and oxygen atoms in total. The van der Waals surface area contributed by atoms with Crippen LogP contribution in [0, 0.1) is 5.41 Å². The molecule has 0 bridgehead atoms. The second kappa shape index (κ2) is 5.39. The number of carbonyl (C=O) groups excluding carboxylic acids is 1. The van der Waals surface area contributed by atoms with Crippen molar-refractivity contribution in [1.82, 2.24) is 14.7 Å². The molecule has 1 spiro atoms. The van der Waals surface area contributed by atoms with Crippen molar-refractivity contribution < 1.29 is 9.53 Å². The van der Waals surface area contributed by atoms with E-state index in [0.717, 1.165) is 50.0 Å². The van der Waals surface area contributed by atoms with Gasteiger partial charge in [-0.05, 0) is 25.3 Å². The highest BCUT2D eigenvalue weighted by atomic mass is 16.5. The molecule has 1 aromatic carbocycles.